The van der Waals surface area contributed by atoms with E-state index in [2.05, 4.69) is 55.7 Å². The molecule has 0 radical (unpaired) electrons. The lowest BCUT2D eigenvalue weighted by molar-refractivity contribution is -0.0716. The zero-order valence-corrected chi connectivity index (χ0v) is 37.3. The normalized spacial score (nSPS) is 35.3. The van der Waals surface area contributed by atoms with Crippen LogP contribution in [0.1, 0.15) is 87.5 Å². The van der Waals surface area contributed by atoms with Gasteiger partial charge in [-0.25, -0.2) is 9.59 Å². The minimum atomic E-state index is -0.518. The number of benzene rings is 2. The van der Waals surface area contributed by atoms with Crippen molar-refractivity contribution in [3.63, 3.8) is 0 Å². The second-order valence-corrected chi connectivity index (χ2v) is 20.5. The van der Waals surface area contributed by atoms with Crippen molar-refractivity contribution in [2.24, 2.45) is 35.5 Å². The third kappa shape index (κ3) is 7.38. The van der Waals surface area contributed by atoms with Gasteiger partial charge in [0.05, 0.1) is 37.3 Å². The van der Waals surface area contributed by atoms with Gasteiger partial charge in [-0.2, -0.15) is 0 Å². The van der Waals surface area contributed by atoms with Crippen LogP contribution in [0, 0.1) is 35.5 Å². The van der Waals surface area contributed by atoms with Crippen molar-refractivity contribution in [1.82, 2.24) is 30.4 Å². The number of amides is 2. The van der Waals surface area contributed by atoms with E-state index >= 15 is 0 Å². The average Bonchev–Trinajstić information content (AvgIpc) is 3.31. The van der Waals surface area contributed by atoms with E-state index in [1.165, 1.54) is 0 Å². The molecule has 10 atom stereocenters. The molecule has 10 aliphatic rings. The molecular weight excluding hydrogens is 805 g/mol. The van der Waals surface area contributed by atoms with Crippen molar-refractivity contribution in [3.8, 4) is 11.5 Å². The van der Waals surface area contributed by atoms with Crippen LogP contribution < -0.4 is 20.1 Å². The highest BCUT2D eigenvalue weighted by atomic mass is 16.6. The fraction of sp³-hybridized carbons (Fsp3) is 0.538. The van der Waals surface area contributed by atoms with Gasteiger partial charge in [-0.1, -0.05) is 12.2 Å². The molecule has 336 valence electrons. The minimum Gasteiger partial charge on any atom is -0.497 e. The molecule has 2 aromatic heterocycles. The highest BCUT2D eigenvalue weighted by Crippen LogP contribution is 2.58. The first-order chi connectivity index (χ1) is 31.1. The Hall–Kier alpha value is -5.20. The Morgan fingerprint density at radius 2 is 1.14 bits per heavy atom. The van der Waals surface area contributed by atoms with Crippen molar-refractivity contribution < 1.29 is 28.5 Å². The number of methoxy groups -OCH3 is 2. The number of rotatable bonds is 12. The number of alkyl carbamates (subject to hydrolysis) is 2. The molecule has 2 N–H and O–H groups in total. The third-order valence-electron chi connectivity index (χ3n) is 16.8. The summed E-state index contributed by atoms with van der Waals surface area (Å²) in [5.74, 6) is 4.05. The predicted octanol–water partition coefficient (Wildman–Crippen LogP) is 8.92. The molecule has 2 amide bonds. The summed E-state index contributed by atoms with van der Waals surface area (Å²) in [7, 11) is 3.34. The summed E-state index contributed by atoms with van der Waals surface area (Å²) in [5.41, 5.74) is 2.54. The summed E-state index contributed by atoms with van der Waals surface area (Å²) in [6, 6.07) is 15.8. The number of nitrogens with one attached hydrogen (secondary N) is 2. The molecular formula is C52H62N6O6. The molecule has 8 heterocycles. The van der Waals surface area contributed by atoms with Gasteiger partial charge in [0.15, 0.2) is 0 Å². The Balaban J connectivity index is 0.860. The Morgan fingerprint density at radius 1 is 0.688 bits per heavy atom. The maximum Gasteiger partial charge on any atom is 0.408 e. The lowest BCUT2D eigenvalue weighted by atomic mass is 9.50. The summed E-state index contributed by atoms with van der Waals surface area (Å²) < 4.78 is 24.9. The van der Waals surface area contributed by atoms with Crippen molar-refractivity contribution in [1.29, 1.82) is 0 Å². The Morgan fingerprint density at radius 3 is 1.53 bits per heavy atom. The number of ether oxygens (including phenoxy) is 4. The molecule has 2 aromatic carbocycles. The summed E-state index contributed by atoms with van der Waals surface area (Å²) in [6.07, 6.45) is 15.3. The Bertz CT molecular complexity index is 2300. The van der Waals surface area contributed by atoms with E-state index < -0.39 is 35.5 Å². The van der Waals surface area contributed by atoms with Crippen LogP contribution in [0.15, 0.2) is 86.2 Å². The standard InChI is InChI=1S/C52H62N6O6/c1-5-33-28-57-17-13-35(33)20-45(57)47(39-11-15-53-43-9-7-37(61-3)22-41(39)43)63-49(59)55-51-24-31-19-32(25-51)27-52(26-31,30-51)56-50(60)64-48(46-21-36-14-18-58(46)29-34(36)6-2)40-12-16-54-44-10-8-38(62-4)23-42(40)44/h5-12,15-16,22-23,31-36,45-48H,1-2,13-14,17-21,24-30H2,3-4H3,(H,55,59)(H,56,60)/t31?,32?,33-,34-,35-,36-,45-,46-,47+,48+,51?,52?/m0/s1. The number of carbonyl (C=O) groups is 2. The van der Waals surface area contributed by atoms with Gasteiger partial charge in [-0.3, -0.25) is 19.8 Å². The summed E-state index contributed by atoms with van der Waals surface area (Å²) in [5, 5.41) is 8.87. The largest absolute Gasteiger partial charge is 0.497 e. The van der Waals surface area contributed by atoms with E-state index in [-0.39, 0.29) is 12.1 Å². The molecule has 8 bridgehead atoms. The molecule has 64 heavy (non-hydrogen) atoms. The number of fused-ring (bicyclic) bond motifs is 8. The van der Waals surface area contributed by atoms with Crippen molar-refractivity contribution in [2.45, 2.75) is 99.6 Å². The number of hydrogen-bond acceptors (Lipinski definition) is 10. The second-order valence-electron chi connectivity index (χ2n) is 20.5. The van der Waals surface area contributed by atoms with Gasteiger partial charge in [0.2, 0.25) is 0 Å². The van der Waals surface area contributed by atoms with Gasteiger partial charge in [-0.15, -0.1) is 13.2 Å². The van der Waals surface area contributed by atoms with Gasteiger partial charge in [0.1, 0.15) is 23.7 Å². The molecule has 2 unspecified atom stereocenters. The van der Waals surface area contributed by atoms with Crippen LogP contribution in [0.5, 0.6) is 11.5 Å². The molecule has 14 rings (SSSR count). The maximum absolute atomic E-state index is 14.7. The first kappa shape index (κ1) is 41.5. The molecule has 0 spiro atoms. The van der Waals surface area contributed by atoms with Crippen molar-refractivity contribution in [3.05, 3.63) is 97.4 Å². The number of carbonyl (C=O) groups excluding carboxylic acids is 2. The highest BCUT2D eigenvalue weighted by Gasteiger charge is 2.60. The molecule has 6 aliphatic heterocycles. The summed E-state index contributed by atoms with van der Waals surface area (Å²) in [4.78, 5) is 43.7. The number of hydrogen-bond donors (Lipinski definition) is 2. The molecule has 6 saturated heterocycles. The van der Waals surface area contributed by atoms with Crippen molar-refractivity contribution in [2.75, 3.05) is 40.4 Å². The van der Waals surface area contributed by atoms with E-state index in [1.54, 1.807) is 14.2 Å². The fourth-order valence-electron chi connectivity index (χ4n) is 14.4. The molecule has 4 aliphatic carbocycles. The van der Waals surface area contributed by atoms with Gasteiger partial charge in [-0.05, 0) is 161 Å². The van der Waals surface area contributed by atoms with Gasteiger partial charge >= 0.3 is 12.2 Å². The number of piperidine rings is 6. The lowest BCUT2D eigenvalue weighted by Crippen LogP contribution is -2.70. The van der Waals surface area contributed by atoms with E-state index in [0.29, 0.717) is 41.9 Å². The monoisotopic (exact) mass is 866 g/mol. The highest BCUT2D eigenvalue weighted by molar-refractivity contribution is 5.85. The maximum atomic E-state index is 14.7. The number of pyridine rings is 2. The lowest BCUT2D eigenvalue weighted by Gasteiger charge is -2.61. The van der Waals surface area contributed by atoms with Gasteiger partial charge in [0, 0.05) is 58.5 Å². The zero-order chi connectivity index (χ0) is 43.7. The predicted molar refractivity (Wildman–Crippen MR) is 245 cm³/mol. The summed E-state index contributed by atoms with van der Waals surface area (Å²) >= 11 is 0. The van der Waals surface area contributed by atoms with E-state index in [1.807, 2.05) is 60.9 Å². The zero-order valence-electron chi connectivity index (χ0n) is 37.3. The van der Waals surface area contributed by atoms with Crippen molar-refractivity contribution >= 4 is 34.0 Å². The number of nitrogens with zero attached hydrogens (tertiary/aromatic N) is 4. The first-order valence-corrected chi connectivity index (χ1v) is 23.7. The van der Waals surface area contributed by atoms with Crippen LogP contribution in [-0.4, -0.2) is 95.5 Å². The Labute approximate surface area is 376 Å². The molecule has 4 aromatic rings. The van der Waals surface area contributed by atoms with Crippen LogP contribution in [0.2, 0.25) is 0 Å². The smallest absolute Gasteiger partial charge is 0.408 e. The summed E-state index contributed by atoms with van der Waals surface area (Å²) in [6.45, 7) is 12.1. The fourth-order valence-corrected chi connectivity index (χ4v) is 14.4. The van der Waals surface area contributed by atoms with Gasteiger partial charge in [0.25, 0.3) is 0 Å². The second kappa shape index (κ2) is 16.3. The third-order valence-corrected chi connectivity index (χ3v) is 16.8. The average molecular weight is 867 g/mol. The quantitative estimate of drug-likeness (QED) is 0.133. The number of aromatic nitrogens is 2. The van der Waals surface area contributed by atoms with E-state index in [0.717, 1.165) is 128 Å². The van der Waals surface area contributed by atoms with Crippen LogP contribution in [0.25, 0.3) is 21.8 Å². The first-order valence-electron chi connectivity index (χ1n) is 23.7. The van der Waals surface area contributed by atoms with Crippen LogP contribution in [-0.2, 0) is 9.47 Å². The van der Waals surface area contributed by atoms with E-state index in [9.17, 15) is 9.59 Å². The SMILES string of the molecule is C=C[C@H]1CN2CC[C@H]1C[C@H]2[C@H](OC(=O)NC12CC3CC(C1)CC(NC(=O)O[C@H](c1ccnc4ccc(OC)cc14)[C@@H]1C[C@@H]4CCN1C[C@@H]4C=C)(C3)C2)c1ccnc2ccc(OC)cc12. The van der Waals surface area contributed by atoms with Crippen LogP contribution in [0.3, 0.4) is 0 Å². The van der Waals surface area contributed by atoms with Gasteiger partial charge < -0.3 is 29.6 Å². The minimum absolute atomic E-state index is 0.0153. The molecule has 4 saturated carbocycles. The van der Waals surface area contributed by atoms with Crippen LogP contribution in [0.4, 0.5) is 9.59 Å². The molecule has 12 heteroatoms. The van der Waals surface area contributed by atoms with E-state index in [4.69, 9.17) is 18.9 Å². The molecule has 12 nitrogen and oxygen atoms in total. The topological polar surface area (TPSA) is 127 Å². The van der Waals surface area contributed by atoms with Crippen LogP contribution >= 0.6 is 0 Å². The molecule has 10 fully saturated rings. The Kier molecular flexibility index (Phi) is 10.6.